The van der Waals surface area contributed by atoms with E-state index in [9.17, 15) is 15.0 Å². The molecule has 0 aliphatic carbocycles. The Bertz CT molecular complexity index is 803. The molecule has 1 aliphatic rings. The number of hydrogen-bond acceptors (Lipinski definition) is 5. The van der Waals surface area contributed by atoms with Crippen LogP contribution in [0.3, 0.4) is 0 Å². The Labute approximate surface area is 317 Å². The maximum atomic E-state index is 13.0. The summed E-state index contributed by atoms with van der Waals surface area (Å²) in [4.78, 5) is 13.0. The predicted molar refractivity (Wildman–Crippen MR) is 217 cm³/mol. The molecule has 51 heavy (non-hydrogen) atoms. The highest BCUT2D eigenvalue weighted by atomic mass is 16.7. The summed E-state index contributed by atoms with van der Waals surface area (Å²) in [6, 6.07) is -0.560. The first kappa shape index (κ1) is 48.1. The van der Waals surface area contributed by atoms with E-state index < -0.39 is 24.5 Å². The number of rotatable bonds is 35. The van der Waals surface area contributed by atoms with E-state index >= 15 is 0 Å². The van der Waals surface area contributed by atoms with Crippen LogP contribution in [0.4, 0.5) is 0 Å². The highest BCUT2D eigenvalue weighted by Gasteiger charge is 2.40. The fourth-order valence-electron chi connectivity index (χ4n) is 7.60. The minimum atomic E-state index is -0.840. The highest BCUT2D eigenvalue weighted by Crippen LogP contribution is 2.32. The summed E-state index contributed by atoms with van der Waals surface area (Å²) in [5.74, 6) is -0.179. The molecule has 1 aliphatic heterocycles. The average Bonchev–Trinajstić information content (AvgIpc) is 3.13. The Kier molecular flexibility index (Phi) is 31.7. The van der Waals surface area contributed by atoms with E-state index in [1.54, 1.807) is 0 Å². The van der Waals surface area contributed by atoms with Gasteiger partial charge in [0.1, 0.15) is 0 Å². The molecule has 0 spiro atoms. The van der Waals surface area contributed by atoms with Gasteiger partial charge in [0.2, 0.25) is 5.91 Å². The van der Waals surface area contributed by atoms with Crippen LogP contribution in [0.15, 0.2) is 12.2 Å². The van der Waals surface area contributed by atoms with E-state index in [0.717, 1.165) is 32.1 Å². The number of hydrogen-bond donors (Lipinski definition) is 3. The van der Waals surface area contributed by atoms with Gasteiger partial charge in [-0.15, -0.1) is 0 Å². The van der Waals surface area contributed by atoms with Gasteiger partial charge in [-0.3, -0.25) is 4.79 Å². The lowest BCUT2D eigenvalue weighted by Crippen LogP contribution is -2.52. The molecular weight excluding hydrogens is 634 g/mol. The first-order valence-electron chi connectivity index (χ1n) is 22.4. The molecular formula is C45H87NO5. The second-order valence-corrected chi connectivity index (χ2v) is 16.1. The number of carbonyl (C=O) groups excluding carboxylic acids is 1. The van der Waals surface area contributed by atoms with Crippen molar-refractivity contribution in [1.82, 2.24) is 5.32 Å². The zero-order valence-electron chi connectivity index (χ0n) is 34.5. The van der Waals surface area contributed by atoms with Gasteiger partial charge in [0, 0.05) is 18.3 Å². The van der Waals surface area contributed by atoms with E-state index in [0.29, 0.717) is 6.42 Å². The van der Waals surface area contributed by atoms with Crippen LogP contribution < -0.4 is 5.32 Å². The van der Waals surface area contributed by atoms with Gasteiger partial charge in [-0.2, -0.15) is 0 Å². The Morgan fingerprint density at radius 2 is 1.10 bits per heavy atom. The van der Waals surface area contributed by atoms with Crippen LogP contribution in [0, 0.1) is 11.8 Å². The van der Waals surface area contributed by atoms with Crippen LogP contribution in [-0.4, -0.2) is 53.4 Å². The molecule has 7 unspecified atom stereocenters. The summed E-state index contributed by atoms with van der Waals surface area (Å²) >= 11 is 0. The van der Waals surface area contributed by atoms with Crippen LogP contribution >= 0.6 is 0 Å². The molecule has 3 N–H and O–H groups in total. The number of ether oxygens (including phenoxy) is 2. The van der Waals surface area contributed by atoms with Crippen LogP contribution in [-0.2, 0) is 14.3 Å². The van der Waals surface area contributed by atoms with Crippen LogP contribution in [0.5, 0.6) is 0 Å². The molecule has 6 nitrogen and oxygen atoms in total. The third-order valence-corrected chi connectivity index (χ3v) is 11.3. The van der Waals surface area contributed by atoms with Gasteiger partial charge in [-0.1, -0.05) is 201 Å². The first-order chi connectivity index (χ1) is 24.8. The molecule has 0 saturated carbocycles. The summed E-state index contributed by atoms with van der Waals surface area (Å²) in [7, 11) is 0. The molecule has 0 aromatic carbocycles. The van der Waals surface area contributed by atoms with Gasteiger partial charge in [0.15, 0.2) is 6.29 Å². The van der Waals surface area contributed by atoms with Crippen molar-refractivity contribution in [2.24, 2.45) is 11.8 Å². The quantitative estimate of drug-likeness (QED) is 0.0448. The second kappa shape index (κ2) is 33.6. The molecule has 7 atom stereocenters. The normalized spacial score (nSPS) is 22.1. The maximum absolute atomic E-state index is 13.0. The molecule has 0 aromatic heterocycles. The monoisotopic (exact) mass is 722 g/mol. The average molecular weight is 722 g/mol. The molecule has 0 aromatic rings. The SMILES string of the molecule is CCCCCCCCCCCCC/C=C/C(O)C(COC1OC(CC)C(C)C(O)C1C)NC(=O)CCCCCCCCCCCCCCCCC. The summed E-state index contributed by atoms with van der Waals surface area (Å²) in [6.07, 6.45) is 38.1. The molecule has 1 amide bonds. The standard InChI is InChI=1S/C45H87NO5/c1-6-9-11-13-15-17-19-21-22-24-26-28-30-32-34-36-43(48)46-40(37-50-45-39(5)44(49)38(4)42(8-3)51-45)41(47)35-33-31-29-27-25-23-20-18-16-14-12-10-7-2/h33,35,38-42,44-45,47,49H,6-32,34,36-37H2,1-5H3,(H,46,48)/b35-33+. The van der Waals surface area contributed by atoms with E-state index in [4.69, 9.17) is 9.47 Å². The molecule has 1 rings (SSSR count). The number of aliphatic hydroxyl groups is 2. The predicted octanol–water partition coefficient (Wildman–Crippen LogP) is 12.1. The van der Waals surface area contributed by atoms with Gasteiger partial charge < -0.3 is 25.0 Å². The van der Waals surface area contributed by atoms with Crippen molar-refractivity contribution >= 4 is 5.91 Å². The van der Waals surface area contributed by atoms with E-state index in [2.05, 4.69) is 32.2 Å². The Morgan fingerprint density at radius 3 is 1.55 bits per heavy atom. The van der Waals surface area contributed by atoms with E-state index in [1.165, 1.54) is 148 Å². The lowest BCUT2D eigenvalue weighted by molar-refractivity contribution is -0.264. The number of allylic oxidation sites excluding steroid dienone is 1. The van der Waals surface area contributed by atoms with Gasteiger partial charge in [0.05, 0.1) is 31.0 Å². The van der Waals surface area contributed by atoms with Gasteiger partial charge in [-0.25, -0.2) is 0 Å². The Balaban J connectivity index is 2.39. The Hall–Kier alpha value is -0.950. The number of nitrogens with one attached hydrogen (secondary N) is 1. The number of amides is 1. The van der Waals surface area contributed by atoms with Crippen molar-refractivity contribution < 1.29 is 24.5 Å². The van der Waals surface area contributed by atoms with Crippen molar-refractivity contribution in [3.8, 4) is 0 Å². The zero-order chi connectivity index (χ0) is 37.4. The number of aliphatic hydroxyl groups excluding tert-OH is 2. The minimum Gasteiger partial charge on any atom is -0.392 e. The maximum Gasteiger partial charge on any atom is 0.220 e. The van der Waals surface area contributed by atoms with Crippen LogP contribution in [0.25, 0.3) is 0 Å². The van der Waals surface area contributed by atoms with Gasteiger partial charge in [-0.05, 0) is 25.7 Å². The molecule has 0 bridgehead atoms. The molecule has 1 saturated heterocycles. The lowest BCUT2D eigenvalue weighted by atomic mass is 9.85. The highest BCUT2D eigenvalue weighted by molar-refractivity contribution is 5.76. The fourth-order valence-corrected chi connectivity index (χ4v) is 7.60. The summed E-state index contributed by atoms with van der Waals surface area (Å²) in [6.45, 7) is 10.7. The van der Waals surface area contributed by atoms with Gasteiger partial charge in [0.25, 0.3) is 0 Å². The molecule has 6 heteroatoms. The Morgan fingerprint density at radius 1 is 0.667 bits per heavy atom. The second-order valence-electron chi connectivity index (χ2n) is 16.1. The molecule has 1 fully saturated rings. The van der Waals surface area contributed by atoms with Crippen molar-refractivity contribution in [2.45, 2.75) is 251 Å². The summed E-state index contributed by atoms with van der Waals surface area (Å²) < 4.78 is 12.4. The molecule has 1 heterocycles. The third-order valence-electron chi connectivity index (χ3n) is 11.3. The first-order valence-corrected chi connectivity index (χ1v) is 22.4. The lowest BCUT2D eigenvalue weighted by Gasteiger charge is -2.42. The zero-order valence-corrected chi connectivity index (χ0v) is 34.5. The minimum absolute atomic E-state index is 0.0335. The van der Waals surface area contributed by atoms with E-state index in [1.807, 2.05) is 19.9 Å². The van der Waals surface area contributed by atoms with Crippen molar-refractivity contribution in [3.63, 3.8) is 0 Å². The van der Waals surface area contributed by atoms with Crippen LogP contribution in [0.1, 0.15) is 221 Å². The number of carbonyl (C=O) groups is 1. The largest absolute Gasteiger partial charge is 0.392 e. The summed E-state index contributed by atoms with van der Waals surface area (Å²) in [5, 5.41) is 25.0. The molecule has 302 valence electrons. The summed E-state index contributed by atoms with van der Waals surface area (Å²) in [5.41, 5.74) is 0. The van der Waals surface area contributed by atoms with Crippen molar-refractivity contribution in [2.75, 3.05) is 6.61 Å². The topological polar surface area (TPSA) is 88.0 Å². The smallest absolute Gasteiger partial charge is 0.220 e. The van der Waals surface area contributed by atoms with Crippen LogP contribution in [0.2, 0.25) is 0 Å². The van der Waals surface area contributed by atoms with Crippen molar-refractivity contribution in [3.05, 3.63) is 12.2 Å². The fraction of sp³-hybridized carbons (Fsp3) is 0.933. The third kappa shape index (κ3) is 24.9. The van der Waals surface area contributed by atoms with E-state index in [-0.39, 0.29) is 30.5 Å². The number of unbranched alkanes of at least 4 members (excludes halogenated alkanes) is 25. The van der Waals surface area contributed by atoms with Gasteiger partial charge >= 0.3 is 0 Å². The van der Waals surface area contributed by atoms with Crippen molar-refractivity contribution in [1.29, 1.82) is 0 Å². The molecule has 0 radical (unpaired) electrons.